The predicted octanol–water partition coefficient (Wildman–Crippen LogP) is 2.44. The summed E-state index contributed by atoms with van der Waals surface area (Å²) in [4.78, 5) is 0. The van der Waals surface area contributed by atoms with Crippen LogP contribution < -0.4 is 0 Å². The fourth-order valence-electron chi connectivity index (χ4n) is 0. The van der Waals surface area contributed by atoms with Crippen molar-refractivity contribution in [2.45, 2.75) is 13.8 Å². The van der Waals surface area contributed by atoms with Gasteiger partial charge in [-0.05, 0) is 13.8 Å². The molecule has 1 heteroatoms. The molecule has 44 valence electrons. The van der Waals surface area contributed by atoms with Gasteiger partial charge >= 0.3 is 0 Å². The number of rotatable bonds is 0. The summed E-state index contributed by atoms with van der Waals surface area (Å²) in [5.41, 5.74) is 0. The molecule has 0 aromatic heterocycles. The Hall–Kier alpha value is -0.0900. The van der Waals surface area contributed by atoms with Gasteiger partial charge in [0.2, 0.25) is 0 Å². The lowest BCUT2D eigenvalue weighted by Crippen LogP contribution is -1.07. The lowest BCUT2D eigenvalue weighted by molar-refractivity contribution is 1.80. The summed E-state index contributed by atoms with van der Waals surface area (Å²) in [6.45, 7) is 10.5. The molecular weight excluding hydrogens is 103 g/mol. The third-order valence-electron chi connectivity index (χ3n) is 0. The molecule has 1 atom stereocenters. The van der Waals surface area contributed by atoms with Gasteiger partial charge in [0.05, 0.1) is 0 Å². The molecule has 0 amide bonds. The lowest BCUT2D eigenvalue weighted by Gasteiger charge is -1.31. The van der Waals surface area contributed by atoms with Crippen LogP contribution in [0.4, 0.5) is 0 Å². The second kappa shape index (κ2) is 39.1. The van der Waals surface area contributed by atoms with E-state index in [-0.39, 0.29) is 9.90 Å². The Morgan fingerprint density at radius 1 is 1.00 bits per heavy atom. The normalized spacial score (nSPS) is 3.71. The molecule has 0 aliphatic heterocycles. The summed E-state index contributed by atoms with van der Waals surface area (Å²) in [5, 5.41) is 0. The molecule has 0 aromatic carbocycles. The number of hydrogen-bond acceptors (Lipinski definition) is 0. The minimum absolute atomic E-state index is 0. The molecule has 0 aliphatic rings. The third kappa shape index (κ3) is 11200. The fraction of sp³-hybridized carbons (Fsp3) is 0.333. The van der Waals surface area contributed by atoms with Gasteiger partial charge in [-0.1, -0.05) is 12.2 Å². The average molecular weight is 118 g/mol. The average Bonchev–Trinajstić information content (AvgIpc) is 1.39. The number of hydrogen-bond donors (Lipinski definition) is 0. The van der Waals surface area contributed by atoms with E-state index in [0.29, 0.717) is 0 Å². The van der Waals surface area contributed by atoms with Gasteiger partial charge in [-0.25, -0.2) is 0 Å². The molecule has 0 aromatic rings. The van der Waals surface area contributed by atoms with E-state index < -0.39 is 0 Å². The van der Waals surface area contributed by atoms with E-state index in [4.69, 9.17) is 0 Å². The maximum atomic E-state index is 3.36. The second-order valence-electron chi connectivity index (χ2n) is 0.816. The van der Waals surface area contributed by atoms with Crippen molar-refractivity contribution in [1.82, 2.24) is 0 Å². The summed E-state index contributed by atoms with van der Waals surface area (Å²) in [5.74, 6) is 0. The van der Waals surface area contributed by atoms with Crippen LogP contribution in [-0.2, 0) is 0 Å². The van der Waals surface area contributed by atoms with Gasteiger partial charge in [0.15, 0.2) is 0 Å². The third-order valence-corrected chi connectivity index (χ3v) is 0. The first kappa shape index (κ1) is 15.8. The summed E-state index contributed by atoms with van der Waals surface area (Å²) in [6.07, 6.45) is 3.50. The van der Waals surface area contributed by atoms with Crippen molar-refractivity contribution < 1.29 is 0 Å². The smallest absolute Gasteiger partial charge is 0.0473 e. The Labute approximate surface area is 49.9 Å². The molecular formula is C6H15P. The zero-order valence-corrected chi connectivity index (χ0v) is 6.69. The van der Waals surface area contributed by atoms with E-state index >= 15 is 0 Å². The van der Waals surface area contributed by atoms with Crippen LogP contribution in [-0.4, -0.2) is 0 Å². The first-order chi connectivity index (χ1) is 2.83. The van der Waals surface area contributed by atoms with Gasteiger partial charge in [-0.3, -0.25) is 0 Å². The Morgan fingerprint density at radius 2 is 1.00 bits per heavy atom. The summed E-state index contributed by atoms with van der Waals surface area (Å²) >= 11 is 0. The van der Waals surface area contributed by atoms with Crippen molar-refractivity contribution in [2.75, 3.05) is 0 Å². The van der Waals surface area contributed by atoms with Crippen LogP contribution in [0.1, 0.15) is 13.8 Å². The first-order valence-electron chi connectivity index (χ1n) is 1.97. The molecule has 0 radical (unpaired) electrons. The van der Waals surface area contributed by atoms with Crippen LogP contribution in [0.5, 0.6) is 0 Å². The van der Waals surface area contributed by atoms with Crippen LogP contribution in [0.2, 0.25) is 0 Å². The minimum Gasteiger partial charge on any atom is -0.153 e. The fourth-order valence-corrected chi connectivity index (χ4v) is 0. The maximum Gasteiger partial charge on any atom is -0.0473 e. The molecule has 0 N–H and O–H groups in total. The van der Waals surface area contributed by atoms with Crippen LogP contribution in [0.3, 0.4) is 0 Å². The molecule has 0 fully saturated rings. The molecule has 0 heterocycles. The highest BCUT2D eigenvalue weighted by atomic mass is 31.0. The van der Waals surface area contributed by atoms with E-state index in [0.717, 1.165) is 0 Å². The van der Waals surface area contributed by atoms with Crippen LogP contribution in [0, 0.1) is 0 Å². The van der Waals surface area contributed by atoms with Gasteiger partial charge in [0.1, 0.15) is 0 Å². The first-order valence-corrected chi connectivity index (χ1v) is 1.97. The van der Waals surface area contributed by atoms with Gasteiger partial charge in [0, 0.05) is 0 Å². The zero-order chi connectivity index (χ0) is 5.41. The number of allylic oxidation sites excluding steroid dienone is 2. The molecule has 7 heavy (non-hydrogen) atoms. The quantitative estimate of drug-likeness (QED) is 0.338. The monoisotopic (exact) mass is 118 g/mol. The molecule has 0 bridgehead atoms. The van der Waals surface area contributed by atoms with Gasteiger partial charge in [-0.2, -0.15) is 9.90 Å². The molecule has 0 rings (SSSR count). The highest BCUT2D eigenvalue weighted by Gasteiger charge is 1.15. The largest absolute Gasteiger partial charge is 0.153 e. The predicted molar refractivity (Wildman–Crippen MR) is 42.8 cm³/mol. The van der Waals surface area contributed by atoms with Gasteiger partial charge in [-0.15, -0.1) is 13.2 Å². The molecule has 0 saturated heterocycles. The lowest BCUT2D eigenvalue weighted by atomic mass is 10.8. The molecule has 0 saturated carbocycles. The van der Waals surface area contributed by atoms with E-state index in [1.807, 2.05) is 13.8 Å². The molecule has 0 nitrogen and oxygen atoms in total. The van der Waals surface area contributed by atoms with Crippen molar-refractivity contribution in [3.63, 3.8) is 0 Å². The van der Waals surface area contributed by atoms with Crippen LogP contribution in [0.15, 0.2) is 25.3 Å². The van der Waals surface area contributed by atoms with Crippen molar-refractivity contribution in [3.05, 3.63) is 25.3 Å². The summed E-state index contributed by atoms with van der Waals surface area (Å²) in [7, 11) is 0. The van der Waals surface area contributed by atoms with Crippen LogP contribution >= 0.6 is 9.90 Å². The Bertz CT molecular complexity index is 25.2. The SMILES string of the molecule is C=CC.C=CC.P. The van der Waals surface area contributed by atoms with Crippen molar-refractivity contribution in [2.24, 2.45) is 0 Å². The van der Waals surface area contributed by atoms with Crippen molar-refractivity contribution in [3.8, 4) is 0 Å². The standard InChI is InChI=1S/2C3H6.H3P/c2*1-3-2;/h2*3H,1H2,2H3;1H3. The highest BCUT2D eigenvalue weighted by molar-refractivity contribution is 6.92. The van der Waals surface area contributed by atoms with E-state index in [1.54, 1.807) is 12.2 Å². The van der Waals surface area contributed by atoms with Crippen molar-refractivity contribution >= 4 is 9.90 Å². The van der Waals surface area contributed by atoms with E-state index in [2.05, 4.69) is 13.2 Å². The summed E-state index contributed by atoms with van der Waals surface area (Å²) < 4.78 is 0. The Morgan fingerprint density at radius 3 is 1.00 bits per heavy atom. The van der Waals surface area contributed by atoms with Gasteiger partial charge in [0.25, 0.3) is 0 Å². The van der Waals surface area contributed by atoms with E-state index in [1.165, 1.54) is 0 Å². The Kier molecular flexibility index (Phi) is 88.1. The topological polar surface area (TPSA) is 0 Å². The molecule has 0 spiro atoms. The summed E-state index contributed by atoms with van der Waals surface area (Å²) in [6, 6.07) is 0. The van der Waals surface area contributed by atoms with Crippen molar-refractivity contribution in [1.29, 1.82) is 0 Å². The maximum absolute atomic E-state index is 3.36. The molecule has 0 aliphatic carbocycles. The zero-order valence-electron chi connectivity index (χ0n) is 5.28. The minimum atomic E-state index is 0. The molecule has 1 unspecified atom stereocenters. The second-order valence-corrected chi connectivity index (χ2v) is 0.816. The highest BCUT2D eigenvalue weighted by Crippen LogP contribution is 1.38. The van der Waals surface area contributed by atoms with Crippen LogP contribution in [0.25, 0.3) is 0 Å². The Balaban J connectivity index is -0.0000000400. The van der Waals surface area contributed by atoms with Gasteiger partial charge < -0.3 is 0 Å². The van der Waals surface area contributed by atoms with E-state index in [9.17, 15) is 0 Å².